The maximum Gasteiger partial charge on any atom is 0.267 e. The lowest BCUT2D eigenvalue weighted by Gasteiger charge is -2.11. The van der Waals surface area contributed by atoms with Gasteiger partial charge in [-0.05, 0) is 37.1 Å². The molecule has 1 aromatic carbocycles. The average molecular weight is 501 g/mol. The Labute approximate surface area is 213 Å². The summed E-state index contributed by atoms with van der Waals surface area (Å²) in [6, 6.07) is 10.8. The Bertz CT molecular complexity index is 1420. The van der Waals surface area contributed by atoms with Crippen molar-refractivity contribution >= 4 is 5.91 Å². The predicted molar refractivity (Wildman–Crippen MR) is 137 cm³/mol. The highest BCUT2D eigenvalue weighted by atomic mass is 16.5. The first kappa shape index (κ1) is 24.3. The summed E-state index contributed by atoms with van der Waals surface area (Å²) in [4.78, 5) is 33.3. The molecule has 0 spiro atoms. The molecule has 1 saturated heterocycles. The number of carbonyl (C=O) groups is 1. The molecule has 0 saturated carbocycles. The third-order valence-corrected chi connectivity index (χ3v) is 6.06. The fraction of sp³-hybridized carbons (Fsp3) is 0.308. The number of aromatic nitrogens is 6. The van der Waals surface area contributed by atoms with Gasteiger partial charge in [0, 0.05) is 30.4 Å². The van der Waals surface area contributed by atoms with Gasteiger partial charge in [-0.1, -0.05) is 18.2 Å². The van der Waals surface area contributed by atoms with E-state index < -0.39 is 0 Å². The van der Waals surface area contributed by atoms with Gasteiger partial charge in [0.1, 0.15) is 6.61 Å². The lowest BCUT2D eigenvalue weighted by Crippen LogP contribution is -2.41. The minimum atomic E-state index is -0.188. The highest BCUT2D eigenvalue weighted by Gasteiger charge is 2.21. The van der Waals surface area contributed by atoms with Gasteiger partial charge >= 0.3 is 0 Å². The van der Waals surface area contributed by atoms with Gasteiger partial charge in [0.05, 0.1) is 43.4 Å². The summed E-state index contributed by atoms with van der Waals surface area (Å²) in [6.07, 6.45) is 8.68. The molecule has 2 N–H and O–H groups in total. The van der Waals surface area contributed by atoms with Crippen LogP contribution >= 0.6 is 0 Å². The maximum atomic E-state index is 12.4. The number of hydrogen-bond donors (Lipinski definition) is 2. The van der Waals surface area contributed by atoms with Gasteiger partial charge in [-0.15, -0.1) is 0 Å². The number of nitrogens with one attached hydrogen (secondary N) is 2. The van der Waals surface area contributed by atoms with Gasteiger partial charge < -0.3 is 15.4 Å². The van der Waals surface area contributed by atoms with Crippen molar-refractivity contribution < 1.29 is 9.53 Å². The molecule has 1 aliphatic rings. The number of carbonyl (C=O) groups excluding carboxylic acids is 1. The fourth-order valence-corrected chi connectivity index (χ4v) is 4.17. The van der Waals surface area contributed by atoms with Crippen LogP contribution in [0.25, 0.3) is 22.6 Å². The highest BCUT2D eigenvalue weighted by Crippen LogP contribution is 2.19. The van der Waals surface area contributed by atoms with Crippen LogP contribution < -0.4 is 20.9 Å². The van der Waals surface area contributed by atoms with Crippen molar-refractivity contribution in [3.8, 4) is 28.4 Å². The van der Waals surface area contributed by atoms with Crippen molar-refractivity contribution in [3.05, 3.63) is 77.1 Å². The van der Waals surface area contributed by atoms with Crippen LogP contribution in [-0.2, 0) is 18.4 Å². The van der Waals surface area contributed by atoms with Crippen molar-refractivity contribution in [3.63, 3.8) is 0 Å². The summed E-state index contributed by atoms with van der Waals surface area (Å²) in [5.74, 6) is 1.07. The SMILES string of the molecule is Cn1cc(-c2ccc(=O)n(Cc3cccc(-c4ncc(OCCNC(=O)[C@@H]5CCCN5)cn4)c3)n2)cn1. The molecular formula is C26H28N8O3. The summed E-state index contributed by atoms with van der Waals surface area (Å²) in [5, 5.41) is 14.7. The Morgan fingerprint density at radius 3 is 2.78 bits per heavy atom. The van der Waals surface area contributed by atoms with Crippen molar-refractivity contribution in [2.45, 2.75) is 25.4 Å². The van der Waals surface area contributed by atoms with E-state index in [0.29, 0.717) is 37.0 Å². The number of benzene rings is 1. The van der Waals surface area contributed by atoms with Crippen LogP contribution in [0.2, 0.25) is 0 Å². The molecule has 11 nitrogen and oxygen atoms in total. The van der Waals surface area contributed by atoms with E-state index in [2.05, 4.69) is 30.8 Å². The van der Waals surface area contributed by atoms with E-state index >= 15 is 0 Å². The van der Waals surface area contributed by atoms with E-state index in [1.54, 1.807) is 29.3 Å². The molecule has 4 aromatic rings. The quantitative estimate of drug-likeness (QED) is 0.330. The normalized spacial score (nSPS) is 15.0. The van der Waals surface area contributed by atoms with Gasteiger partial charge in [-0.3, -0.25) is 14.3 Å². The molecule has 4 heterocycles. The van der Waals surface area contributed by atoms with Crippen LogP contribution in [0.1, 0.15) is 18.4 Å². The summed E-state index contributed by atoms with van der Waals surface area (Å²) < 4.78 is 8.79. The first-order valence-corrected chi connectivity index (χ1v) is 12.2. The Balaban J connectivity index is 1.20. The van der Waals surface area contributed by atoms with E-state index in [1.807, 2.05) is 37.5 Å². The van der Waals surface area contributed by atoms with Crippen LogP contribution in [-0.4, -0.2) is 61.2 Å². The molecule has 0 radical (unpaired) electrons. The van der Waals surface area contributed by atoms with E-state index in [-0.39, 0.29) is 17.5 Å². The third-order valence-electron chi connectivity index (χ3n) is 6.06. The van der Waals surface area contributed by atoms with Crippen molar-refractivity contribution in [2.75, 3.05) is 19.7 Å². The lowest BCUT2D eigenvalue weighted by molar-refractivity contribution is -0.122. The maximum absolute atomic E-state index is 12.4. The van der Waals surface area contributed by atoms with Crippen LogP contribution in [0.4, 0.5) is 0 Å². The van der Waals surface area contributed by atoms with Crippen molar-refractivity contribution in [2.24, 2.45) is 7.05 Å². The zero-order chi connectivity index (χ0) is 25.6. The van der Waals surface area contributed by atoms with Crippen LogP contribution in [0.5, 0.6) is 5.75 Å². The molecule has 3 aromatic heterocycles. The minimum absolute atomic E-state index is 0.00819. The zero-order valence-electron chi connectivity index (χ0n) is 20.5. The van der Waals surface area contributed by atoms with Gasteiger partial charge in [0.25, 0.3) is 5.56 Å². The molecule has 1 amide bonds. The number of hydrogen-bond acceptors (Lipinski definition) is 8. The Kier molecular flexibility index (Phi) is 7.31. The number of ether oxygens (including phenoxy) is 1. The molecule has 1 aliphatic heterocycles. The number of amides is 1. The van der Waals surface area contributed by atoms with Gasteiger partial charge in [-0.2, -0.15) is 10.2 Å². The van der Waals surface area contributed by atoms with Crippen LogP contribution in [0.15, 0.2) is 66.0 Å². The van der Waals surface area contributed by atoms with E-state index in [4.69, 9.17) is 4.74 Å². The summed E-state index contributed by atoms with van der Waals surface area (Å²) >= 11 is 0. The molecule has 1 atom stereocenters. The molecule has 1 fully saturated rings. The largest absolute Gasteiger partial charge is 0.489 e. The van der Waals surface area contributed by atoms with E-state index in [0.717, 1.165) is 36.1 Å². The molecule has 37 heavy (non-hydrogen) atoms. The molecule has 5 rings (SSSR count). The van der Waals surface area contributed by atoms with Gasteiger partial charge in [-0.25, -0.2) is 14.6 Å². The standard InChI is InChI=1S/C26H28N8O3/c1-33-17-20(13-31-33)22-7-8-24(35)34(32-22)16-18-4-2-5-19(12-18)25-29-14-21(15-30-25)37-11-10-28-26(36)23-6-3-9-27-23/h2,4-5,7-8,12-15,17,23,27H,3,6,9-11,16H2,1H3,(H,28,36)/t23-/m0/s1. The molecule has 0 bridgehead atoms. The average Bonchev–Trinajstić information content (AvgIpc) is 3.61. The van der Waals surface area contributed by atoms with E-state index in [1.165, 1.54) is 10.7 Å². The molecule has 190 valence electrons. The first-order valence-electron chi connectivity index (χ1n) is 12.2. The van der Waals surface area contributed by atoms with Crippen LogP contribution in [0.3, 0.4) is 0 Å². The van der Waals surface area contributed by atoms with Gasteiger partial charge in [0.15, 0.2) is 11.6 Å². The molecule has 0 unspecified atom stereocenters. The Morgan fingerprint density at radius 1 is 1.16 bits per heavy atom. The number of nitrogens with zero attached hydrogens (tertiary/aromatic N) is 6. The Morgan fingerprint density at radius 2 is 2.03 bits per heavy atom. The second-order valence-electron chi connectivity index (χ2n) is 8.85. The van der Waals surface area contributed by atoms with Crippen molar-refractivity contribution in [1.29, 1.82) is 0 Å². The zero-order valence-corrected chi connectivity index (χ0v) is 20.5. The molecule has 11 heteroatoms. The predicted octanol–water partition coefficient (Wildman–Crippen LogP) is 1.40. The third kappa shape index (κ3) is 6.07. The second-order valence-corrected chi connectivity index (χ2v) is 8.85. The highest BCUT2D eigenvalue weighted by molar-refractivity contribution is 5.81. The topological polar surface area (TPSA) is 129 Å². The smallest absolute Gasteiger partial charge is 0.267 e. The first-order chi connectivity index (χ1) is 18.0. The van der Waals surface area contributed by atoms with Crippen molar-refractivity contribution in [1.82, 2.24) is 40.2 Å². The fourth-order valence-electron chi connectivity index (χ4n) is 4.17. The van der Waals surface area contributed by atoms with E-state index in [9.17, 15) is 9.59 Å². The van der Waals surface area contributed by atoms with Gasteiger partial charge in [0.2, 0.25) is 5.91 Å². The molecular weight excluding hydrogens is 472 g/mol. The Hall–Kier alpha value is -4.38. The summed E-state index contributed by atoms with van der Waals surface area (Å²) in [6.45, 7) is 1.94. The summed E-state index contributed by atoms with van der Waals surface area (Å²) in [7, 11) is 1.83. The van der Waals surface area contributed by atoms with Crippen LogP contribution in [0, 0.1) is 0 Å². The summed E-state index contributed by atoms with van der Waals surface area (Å²) in [5.41, 5.74) is 3.04. The molecule has 0 aliphatic carbocycles. The number of rotatable bonds is 9. The monoisotopic (exact) mass is 500 g/mol. The second kappa shape index (κ2) is 11.1. The number of aryl methyl sites for hydroxylation is 1. The minimum Gasteiger partial charge on any atom is -0.489 e. The lowest BCUT2D eigenvalue weighted by atomic mass is 10.1.